The molecule has 0 heterocycles. The van der Waals surface area contributed by atoms with Gasteiger partial charge in [-0.1, -0.05) is 18.2 Å². The number of benzene rings is 2. The molecule has 0 spiro atoms. The minimum atomic E-state index is -0.114. The molecule has 0 aliphatic carbocycles. The van der Waals surface area contributed by atoms with E-state index in [0.29, 0.717) is 12.2 Å². The van der Waals surface area contributed by atoms with E-state index < -0.39 is 0 Å². The zero-order chi connectivity index (χ0) is 16.8. The van der Waals surface area contributed by atoms with E-state index in [-0.39, 0.29) is 11.9 Å². The molecule has 0 saturated carbocycles. The summed E-state index contributed by atoms with van der Waals surface area (Å²) >= 11 is 0. The molecule has 4 heteroatoms. The standard InChI is InChI=1S/C19H23NO3/c1-13-7-5-6-8-18(13)23-12-15(3)20-19(21)16-9-10-17(22-4)14(2)11-16/h5-11,15H,12H2,1-4H3,(H,20,21)/t15-/m0/s1. The lowest BCUT2D eigenvalue weighted by atomic mass is 10.1. The van der Waals surface area contributed by atoms with E-state index in [9.17, 15) is 4.79 Å². The van der Waals surface area contributed by atoms with E-state index in [1.54, 1.807) is 19.2 Å². The van der Waals surface area contributed by atoms with Crippen LogP contribution in [0.15, 0.2) is 42.5 Å². The fraction of sp³-hybridized carbons (Fsp3) is 0.316. The van der Waals surface area contributed by atoms with Gasteiger partial charge in [0.15, 0.2) is 0 Å². The van der Waals surface area contributed by atoms with Crippen molar-refractivity contribution < 1.29 is 14.3 Å². The third-order valence-electron chi connectivity index (χ3n) is 3.62. The number of aryl methyl sites for hydroxylation is 2. The predicted molar refractivity (Wildman–Crippen MR) is 91.3 cm³/mol. The summed E-state index contributed by atoms with van der Waals surface area (Å²) in [4.78, 5) is 12.3. The molecule has 0 bridgehead atoms. The van der Waals surface area contributed by atoms with Crippen molar-refractivity contribution in [2.45, 2.75) is 26.8 Å². The van der Waals surface area contributed by atoms with Crippen LogP contribution in [0.4, 0.5) is 0 Å². The van der Waals surface area contributed by atoms with Crippen LogP contribution in [0, 0.1) is 13.8 Å². The predicted octanol–water partition coefficient (Wildman–Crippen LogP) is 3.51. The molecular formula is C19H23NO3. The summed E-state index contributed by atoms with van der Waals surface area (Å²) in [5.41, 5.74) is 2.63. The minimum Gasteiger partial charge on any atom is -0.496 e. The number of carbonyl (C=O) groups excluding carboxylic acids is 1. The number of nitrogens with one attached hydrogen (secondary N) is 1. The lowest BCUT2D eigenvalue weighted by Gasteiger charge is -2.16. The highest BCUT2D eigenvalue weighted by atomic mass is 16.5. The Bertz CT molecular complexity index is 682. The summed E-state index contributed by atoms with van der Waals surface area (Å²) in [7, 11) is 1.62. The average molecular weight is 313 g/mol. The molecule has 2 aromatic carbocycles. The van der Waals surface area contributed by atoms with Gasteiger partial charge in [-0.15, -0.1) is 0 Å². The van der Waals surface area contributed by atoms with Crippen molar-refractivity contribution in [3.63, 3.8) is 0 Å². The lowest BCUT2D eigenvalue weighted by Crippen LogP contribution is -2.36. The van der Waals surface area contributed by atoms with Crippen LogP contribution >= 0.6 is 0 Å². The van der Waals surface area contributed by atoms with Crippen molar-refractivity contribution >= 4 is 5.91 Å². The van der Waals surface area contributed by atoms with Crippen molar-refractivity contribution in [3.05, 3.63) is 59.2 Å². The molecule has 1 amide bonds. The first-order valence-corrected chi connectivity index (χ1v) is 7.65. The molecule has 0 aromatic heterocycles. The summed E-state index contributed by atoms with van der Waals surface area (Å²) in [5.74, 6) is 1.50. The molecule has 0 aliphatic rings. The molecule has 2 aromatic rings. The maximum atomic E-state index is 12.3. The zero-order valence-corrected chi connectivity index (χ0v) is 14.1. The second-order valence-electron chi connectivity index (χ2n) is 5.64. The molecule has 1 N–H and O–H groups in total. The number of rotatable bonds is 6. The molecule has 0 radical (unpaired) electrons. The highest BCUT2D eigenvalue weighted by Gasteiger charge is 2.12. The van der Waals surface area contributed by atoms with E-state index in [1.165, 1.54) is 0 Å². The van der Waals surface area contributed by atoms with Gasteiger partial charge in [-0.2, -0.15) is 0 Å². The van der Waals surface area contributed by atoms with Crippen molar-refractivity contribution in [2.75, 3.05) is 13.7 Å². The van der Waals surface area contributed by atoms with Crippen molar-refractivity contribution in [1.29, 1.82) is 0 Å². The third kappa shape index (κ3) is 4.49. The van der Waals surface area contributed by atoms with Gasteiger partial charge in [-0.05, 0) is 56.2 Å². The Hall–Kier alpha value is -2.49. The average Bonchev–Trinajstić information content (AvgIpc) is 2.54. The fourth-order valence-electron chi connectivity index (χ4n) is 2.30. The van der Waals surface area contributed by atoms with Gasteiger partial charge in [0.1, 0.15) is 18.1 Å². The zero-order valence-electron chi connectivity index (χ0n) is 14.1. The van der Waals surface area contributed by atoms with Gasteiger partial charge in [0.2, 0.25) is 0 Å². The van der Waals surface area contributed by atoms with E-state index in [1.807, 2.05) is 51.1 Å². The number of amides is 1. The van der Waals surface area contributed by atoms with Crippen molar-refractivity contribution in [2.24, 2.45) is 0 Å². The molecule has 0 saturated heterocycles. The van der Waals surface area contributed by atoms with Crippen LogP contribution in [0.2, 0.25) is 0 Å². The number of ether oxygens (including phenoxy) is 2. The maximum absolute atomic E-state index is 12.3. The smallest absolute Gasteiger partial charge is 0.251 e. The molecule has 122 valence electrons. The number of methoxy groups -OCH3 is 1. The second kappa shape index (κ2) is 7.68. The quantitative estimate of drug-likeness (QED) is 0.888. The topological polar surface area (TPSA) is 47.6 Å². The first kappa shape index (κ1) is 16.9. The Morgan fingerprint density at radius 3 is 2.48 bits per heavy atom. The summed E-state index contributed by atoms with van der Waals surface area (Å²) in [6.07, 6.45) is 0. The molecule has 23 heavy (non-hydrogen) atoms. The number of para-hydroxylation sites is 1. The summed E-state index contributed by atoms with van der Waals surface area (Å²) in [6.45, 7) is 6.26. The highest BCUT2D eigenvalue weighted by Crippen LogP contribution is 2.19. The Balaban J connectivity index is 1.92. The number of carbonyl (C=O) groups is 1. The van der Waals surface area contributed by atoms with E-state index in [0.717, 1.165) is 22.6 Å². The summed E-state index contributed by atoms with van der Waals surface area (Å²) < 4.78 is 11.0. The van der Waals surface area contributed by atoms with Crippen LogP contribution in [0.5, 0.6) is 11.5 Å². The molecule has 0 unspecified atom stereocenters. The van der Waals surface area contributed by atoms with Crippen LogP contribution in [0.25, 0.3) is 0 Å². The summed E-state index contributed by atoms with van der Waals surface area (Å²) in [6, 6.07) is 13.1. The van der Waals surface area contributed by atoms with Crippen molar-refractivity contribution in [3.8, 4) is 11.5 Å². The van der Waals surface area contributed by atoms with Crippen LogP contribution in [-0.4, -0.2) is 25.7 Å². The lowest BCUT2D eigenvalue weighted by molar-refractivity contribution is 0.0926. The molecule has 0 aliphatic heterocycles. The van der Waals surface area contributed by atoms with Gasteiger partial charge in [-0.25, -0.2) is 0 Å². The Labute approximate surface area is 137 Å². The Morgan fingerprint density at radius 1 is 1.09 bits per heavy atom. The monoisotopic (exact) mass is 313 g/mol. The maximum Gasteiger partial charge on any atom is 0.251 e. The SMILES string of the molecule is COc1ccc(C(=O)N[C@@H](C)COc2ccccc2C)cc1C. The van der Waals surface area contributed by atoms with Gasteiger partial charge >= 0.3 is 0 Å². The fourth-order valence-corrected chi connectivity index (χ4v) is 2.30. The largest absolute Gasteiger partial charge is 0.496 e. The van der Waals surface area contributed by atoms with Crippen LogP contribution in [0.1, 0.15) is 28.4 Å². The summed E-state index contributed by atoms with van der Waals surface area (Å²) in [5, 5.41) is 2.95. The van der Waals surface area contributed by atoms with Gasteiger partial charge in [0.05, 0.1) is 13.2 Å². The van der Waals surface area contributed by atoms with Gasteiger partial charge < -0.3 is 14.8 Å². The van der Waals surface area contributed by atoms with Crippen LogP contribution in [0.3, 0.4) is 0 Å². The van der Waals surface area contributed by atoms with Gasteiger partial charge in [0, 0.05) is 5.56 Å². The molecule has 0 fully saturated rings. The third-order valence-corrected chi connectivity index (χ3v) is 3.62. The number of hydrogen-bond acceptors (Lipinski definition) is 3. The van der Waals surface area contributed by atoms with Gasteiger partial charge in [-0.3, -0.25) is 4.79 Å². The van der Waals surface area contributed by atoms with E-state index in [4.69, 9.17) is 9.47 Å². The van der Waals surface area contributed by atoms with E-state index >= 15 is 0 Å². The normalized spacial score (nSPS) is 11.7. The first-order valence-electron chi connectivity index (χ1n) is 7.65. The molecule has 4 nitrogen and oxygen atoms in total. The number of hydrogen-bond donors (Lipinski definition) is 1. The molecule has 2 rings (SSSR count). The van der Waals surface area contributed by atoms with E-state index in [2.05, 4.69) is 5.32 Å². The first-order chi connectivity index (χ1) is 11.0. The Kier molecular flexibility index (Phi) is 5.63. The minimum absolute atomic E-state index is 0.0930. The van der Waals surface area contributed by atoms with Crippen molar-refractivity contribution in [1.82, 2.24) is 5.32 Å². The van der Waals surface area contributed by atoms with Crippen LogP contribution < -0.4 is 14.8 Å². The second-order valence-corrected chi connectivity index (χ2v) is 5.64. The molecule has 1 atom stereocenters. The Morgan fingerprint density at radius 2 is 1.83 bits per heavy atom. The highest BCUT2D eigenvalue weighted by molar-refractivity contribution is 5.94. The molecular weight excluding hydrogens is 290 g/mol. The van der Waals surface area contributed by atoms with Gasteiger partial charge in [0.25, 0.3) is 5.91 Å². The van der Waals surface area contributed by atoms with Crippen LogP contribution in [-0.2, 0) is 0 Å².